The van der Waals surface area contributed by atoms with Gasteiger partial charge in [0.25, 0.3) is 5.56 Å². The molecule has 7 nitrogen and oxygen atoms in total. The van der Waals surface area contributed by atoms with Crippen LogP contribution in [0.4, 0.5) is 0 Å². The average Bonchev–Trinajstić information content (AvgIpc) is 2.40. The molecule has 1 aromatic heterocycles. The molecule has 1 unspecified atom stereocenters. The zero-order chi connectivity index (χ0) is 16.4. The van der Waals surface area contributed by atoms with E-state index in [1.54, 1.807) is 26.0 Å². The summed E-state index contributed by atoms with van der Waals surface area (Å²) in [5.74, 6) is -0.456. The van der Waals surface area contributed by atoms with Gasteiger partial charge < -0.3 is 5.73 Å². The SMILES string of the molecule is C=C(N)c1c(/C=C\C)nc(C)n(C2CCC(=O)NC2=O)c1=O. The van der Waals surface area contributed by atoms with Gasteiger partial charge in [0.2, 0.25) is 11.8 Å². The average molecular weight is 302 g/mol. The third-order valence-corrected chi connectivity index (χ3v) is 3.49. The van der Waals surface area contributed by atoms with Crippen molar-refractivity contribution in [1.82, 2.24) is 14.9 Å². The summed E-state index contributed by atoms with van der Waals surface area (Å²) in [5.41, 5.74) is 5.97. The van der Waals surface area contributed by atoms with Gasteiger partial charge in [0.05, 0.1) is 11.3 Å². The van der Waals surface area contributed by atoms with Crippen molar-refractivity contribution in [2.75, 3.05) is 0 Å². The summed E-state index contributed by atoms with van der Waals surface area (Å²) in [6.07, 6.45) is 3.84. The number of aryl methyl sites for hydroxylation is 1. The van der Waals surface area contributed by atoms with Gasteiger partial charge in [0.1, 0.15) is 11.9 Å². The number of piperidine rings is 1. The highest BCUT2D eigenvalue weighted by molar-refractivity contribution is 5.99. The van der Waals surface area contributed by atoms with Gasteiger partial charge in [0.15, 0.2) is 0 Å². The molecule has 0 radical (unpaired) electrons. The van der Waals surface area contributed by atoms with Crippen LogP contribution in [-0.4, -0.2) is 21.4 Å². The van der Waals surface area contributed by atoms with E-state index in [2.05, 4.69) is 16.9 Å². The molecule has 3 N–H and O–H groups in total. The summed E-state index contributed by atoms with van der Waals surface area (Å²) >= 11 is 0. The molecule has 2 heterocycles. The second-order valence-electron chi connectivity index (χ2n) is 5.09. The minimum atomic E-state index is -0.768. The number of amides is 2. The Morgan fingerprint density at radius 1 is 1.45 bits per heavy atom. The largest absolute Gasteiger partial charge is 0.398 e. The van der Waals surface area contributed by atoms with Gasteiger partial charge >= 0.3 is 0 Å². The van der Waals surface area contributed by atoms with Crippen molar-refractivity contribution in [3.63, 3.8) is 0 Å². The van der Waals surface area contributed by atoms with Gasteiger partial charge in [0, 0.05) is 12.1 Å². The minimum absolute atomic E-state index is 0.0895. The first-order valence-electron chi connectivity index (χ1n) is 6.91. The molecule has 0 aromatic carbocycles. The first-order valence-corrected chi connectivity index (χ1v) is 6.91. The fourth-order valence-electron chi connectivity index (χ4n) is 2.54. The van der Waals surface area contributed by atoms with E-state index in [9.17, 15) is 14.4 Å². The van der Waals surface area contributed by atoms with Crippen LogP contribution in [-0.2, 0) is 9.59 Å². The van der Waals surface area contributed by atoms with Crippen LogP contribution in [0.15, 0.2) is 17.4 Å². The molecule has 116 valence electrons. The number of carbonyl (C=O) groups is 2. The number of nitrogens with one attached hydrogen (secondary N) is 1. The van der Waals surface area contributed by atoms with Gasteiger partial charge in [-0.3, -0.25) is 24.3 Å². The second-order valence-corrected chi connectivity index (χ2v) is 5.09. The maximum absolute atomic E-state index is 12.7. The summed E-state index contributed by atoms with van der Waals surface area (Å²) in [6.45, 7) is 7.05. The Kier molecular flexibility index (Phi) is 4.25. The highest BCUT2D eigenvalue weighted by Crippen LogP contribution is 2.20. The molecule has 7 heteroatoms. The zero-order valence-corrected chi connectivity index (χ0v) is 12.5. The minimum Gasteiger partial charge on any atom is -0.398 e. The highest BCUT2D eigenvalue weighted by Gasteiger charge is 2.31. The molecule has 2 amide bonds. The number of nitrogens with zero attached hydrogens (tertiary/aromatic N) is 2. The lowest BCUT2D eigenvalue weighted by Crippen LogP contribution is -2.46. The molecule has 0 aliphatic carbocycles. The summed E-state index contributed by atoms with van der Waals surface area (Å²) in [4.78, 5) is 40.4. The van der Waals surface area contributed by atoms with E-state index >= 15 is 0 Å². The van der Waals surface area contributed by atoms with E-state index in [1.807, 2.05) is 0 Å². The molecule has 1 atom stereocenters. The maximum atomic E-state index is 12.7. The topological polar surface area (TPSA) is 107 Å². The molecule has 0 spiro atoms. The fourth-order valence-corrected chi connectivity index (χ4v) is 2.54. The van der Waals surface area contributed by atoms with Crippen LogP contribution < -0.4 is 16.6 Å². The van der Waals surface area contributed by atoms with Gasteiger partial charge in [-0.1, -0.05) is 12.7 Å². The Bertz CT molecular complexity index is 746. The predicted molar refractivity (Wildman–Crippen MR) is 82.6 cm³/mol. The number of hydrogen-bond donors (Lipinski definition) is 2. The summed E-state index contributed by atoms with van der Waals surface area (Å²) < 4.78 is 1.28. The first-order chi connectivity index (χ1) is 10.4. The number of nitrogens with two attached hydrogens (primary N) is 1. The molecule has 1 fully saturated rings. The molecule has 1 aromatic rings. The van der Waals surface area contributed by atoms with Crippen LogP contribution in [0.25, 0.3) is 11.8 Å². The van der Waals surface area contributed by atoms with E-state index < -0.39 is 17.5 Å². The standard InChI is InChI=1S/C15H18N4O3/c1-4-5-10-13(8(2)16)15(22)19(9(3)17-10)11-6-7-12(20)18-14(11)21/h4-5,11H,2,6-7,16H2,1,3H3,(H,18,20,21)/b5-4-. The van der Waals surface area contributed by atoms with Gasteiger partial charge in [-0.05, 0) is 26.3 Å². The van der Waals surface area contributed by atoms with Gasteiger partial charge in [-0.2, -0.15) is 0 Å². The number of carbonyl (C=O) groups excluding carboxylic acids is 2. The van der Waals surface area contributed by atoms with E-state index in [1.165, 1.54) is 4.57 Å². The monoisotopic (exact) mass is 302 g/mol. The Hall–Kier alpha value is -2.70. The van der Waals surface area contributed by atoms with E-state index in [4.69, 9.17) is 5.73 Å². The number of allylic oxidation sites excluding steroid dienone is 1. The van der Waals surface area contributed by atoms with Gasteiger partial charge in [-0.25, -0.2) is 4.98 Å². The van der Waals surface area contributed by atoms with Crippen molar-refractivity contribution in [1.29, 1.82) is 0 Å². The Balaban J connectivity index is 2.65. The van der Waals surface area contributed by atoms with Crippen molar-refractivity contribution < 1.29 is 9.59 Å². The molecule has 1 aliphatic rings. The van der Waals surface area contributed by atoms with Crippen molar-refractivity contribution in [2.45, 2.75) is 32.7 Å². The molecule has 22 heavy (non-hydrogen) atoms. The summed E-state index contributed by atoms with van der Waals surface area (Å²) in [7, 11) is 0. The van der Waals surface area contributed by atoms with Crippen LogP contribution in [0.1, 0.15) is 42.9 Å². The Morgan fingerprint density at radius 3 is 2.68 bits per heavy atom. The summed E-state index contributed by atoms with van der Waals surface area (Å²) in [5, 5.41) is 2.24. The maximum Gasteiger partial charge on any atom is 0.264 e. The van der Waals surface area contributed by atoms with Crippen molar-refractivity contribution in [2.24, 2.45) is 5.73 Å². The van der Waals surface area contributed by atoms with Gasteiger partial charge in [-0.15, -0.1) is 0 Å². The van der Waals surface area contributed by atoms with Crippen molar-refractivity contribution >= 4 is 23.6 Å². The summed E-state index contributed by atoms with van der Waals surface area (Å²) in [6, 6.07) is -0.768. The number of imide groups is 1. The molecule has 1 aliphatic heterocycles. The quantitative estimate of drug-likeness (QED) is 0.790. The van der Waals surface area contributed by atoms with E-state index in [0.29, 0.717) is 11.5 Å². The first kappa shape index (κ1) is 15.7. The Labute approximate surface area is 127 Å². The lowest BCUT2D eigenvalue weighted by Gasteiger charge is -2.25. The fraction of sp³-hybridized carbons (Fsp3) is 0.333. The number of aromatic nitrogens is 2. The van der Waals surface area contributed by atoms with Crippen LogP contribution >= 0.6 is 0 Å². The van der Waals surface area contributed by atoms with Crippen LogP contribution in [0.5, 0.6) is 0 Å². The van der Waals surface area contributed by atoms with Crippen LogP contribution in [0.2, 0.25) is 0 Å². The third-order valence-electron chi connectivity index (χ3n) is 3.49. The number of hydrogen-bond acceptors (Lipinski definition) is 5. The van der Waals surface area contributed by atoms with Crippen LogP contribution in [0, 0.1) is 6.92 Å². The smallest absolute Gasteiger partial charge is 0.264 e. The zero-order valence-electron chi connectivity index (χ0n) is 12.5. The molecule has 2 rings (SSSR count). The second kappa shape index (κ2) is 5.97. The normalized spacial score (nSPS) is 18.5. The van der Waals surface area contributed by atoms with Crippen molar-refractivity contribution in [3.05, 3.63) is 40.1 Å². The highest BCUT2D eigenvalue weighted by atomic mass is 16.2. The van der Waals surface area contributed by atoms with Crippen molar-refractivity contribution in [3.8, 4) is 0 Å². The van der Waals surface area contributed by atoms with E-state index in [0.717, 1.165) is 0 Å². The molecular weight excluding hydrogens is 284 g/mol. The Morgan fingerprint density at radius 2 is 2.14 bits per heavy atom. The van der Waals surface area contributed by atoms with E-state index in [-0.39, 0.29) is 30.0 Å². The lowest BCUT2D eigenvalue weighted by molar-refractivity contribution is -0.135. The lowest BCUT2D eigenvalue weighted by atomic mass is 10.0. The predicted octanol–water partition coefficient (Wildman–Crippen LogP) is 0.492. The molecule has 1 saturated heterocycles. The third kappa shape index (κ3) is 2.69. The molecule has 0 bridgehead atoms. The van der Waals surface area contributed by atoms with Crippen LogP contribution in [0.3, 0.4) is 0 Å². The number of rotatable bonds is 3. The molecular formula is C15H18N4O3. The molecule has 0 saturated carbocycles.